The average molecular weight is 182 g/mol. The molecule has 0 atom stereocenters. The first-order chi connectivity index (χ1) is 6.24. The lowest BCUT2D eigenvalue weighted by Crippen LogP contribution is -2.42. The van der Waals surface area contributed by atoms with Crippen molar-refractivity contribution in [3.05, 3.63) is 0 Å². The van der Waals surface area contributed by atoms with Gasteiger partial charge in [-0.05, 0) is 44.7 Å². The molecule has 2 nitrogen and oxygen atoms in total. The van der Waals surface area contributed by atoms with Crippen LogP contribution in [-0.4, -0.2) is 31.1 Å². The summed E-state index contributed by atoms with van der Waals surface area (Å²) in [7, 11) is 2.26. The van der Waals surface area contributed by atoms with Gasteiger partial charge in [0.2, 0.25) is 0 Å². The average Bonchev–Trinajstić information content (AvgIpc) is 2.81. The fourth-order valence-electron chi connectivity index (χ4n) is 2.28. The Kier molecular flexibility index (Phi) is 2.89. The van der Waals surface area contributed by atoms with Crippen LogP contribution < -0.4 is 5.73 Å². The number of nitrogens with zero attached hydrogens (tertiary/aromatic N) is 1. The van der Waals surface area contributed by atoms with Crippen LogP contribution in [0.3, 0.4) is 0 Å². The van der Waals surface area contributed by atoms with E-state index in [0.29, 0.717) is 6.04 Å². The van der Waals surface area contributed by atoms with Crippen LogP contribution in [0.2, 0.25) is 0 Å². The van der Waals surface area contributed by atoms with Gasteiger partial charge in [0.1, 0.15) is 0 Å². The van der Waals surface area contributed by atoms with Gasteiger partial charge in [0.05, 0.1) is 0 Å². The van der Waals surface area contributed by atoms with Crippen LogP contribution in [-0.2, 0) is 0 Å². The summed E-state index contributed by atoms with van der Waals surface area (Å²) in [5, 5.41) is 0. The van der Waals surface area contributed by atoms with Gasteiger partial charge in [-0.15, -0.1) is 0 Å². The van der Waals surface area contributed by atoms with E-state index in [2.05, 4.69) is 11.9 Å². The largest absolute Gasteiger partial charge is 0.328 e. The van der Waals surface area contributed by atoms with E-state index in [4.69, 9.17) is 5.73 Å². The molecule has 0 aromatic heterocycles. The quantitative estimate of drug-likeness (QED) is 0.697. The summed E-state index contributed by atoms with van der Waals surface area (Å²) in [6.07, 6.45) is 6.92. The highest BCUT2D eigenvalue weighted by atomic mass is 15.1. The van der Waals surface area contributed by atoms with Gasteiger partial charge in [0, 0.05) is 12.6 Å². The van der Waals surface area contributed by atoms with Crippen LogP contribution in [0.15, 0.2) is 0 Å². The Hall–Kier alpha value is -0.0800. The molecular weight excluding hydrogens is 160 g/mol. The molecule has 2 aliphatic rings. The fourth-order valence-corrected chi connectivity index (χ4v) is 2.28. The summed E-state index contributed by atoms with van der Waals surface area (Å²) in [5.74, 6) is 1.98. The minimum Gasteiger partial charge on any atom is -0.328 e. The number of nitrogens with two attached hydrogens (primary N) is 1. The zero-order chi connectivity index (χ0) is 9.26. The van der Waals surface area contributed by atoms with E-state index in [1.165, 1.54) is 45.2 Å². The van der Waals surface area contributed by atoms with E-state index in [9.17, 15) is 0 Å². The third kappa shape index (κ3) is 2.96. The maximum atomic E-state index is 5.76. The summed E-state index contributed by atoms with van der Waals surface area (Å²) < 4.78 is 0. The van der Waals surface area contributed by atoms with E-state index in [1.54, 1.807) is 0 Å². The summed E-state index contributed by atoms with van der Waals surface area (Å²) in [4.78, 5) is 2.49. The van der Waals surface area contributed by atoms with E-state index >= 15 is 0 Å². The summed E-state index contributed by atoms with van der Waals surface area (Å²) >= 11 is 0. The Morgan fingerprint density at radius 1 is 1.23 bits per heavy atom. The van der Waals surface area contributed by atoms with Gasteiger partial charge in [0.25, 0.3) is 0 Å². The third-order valence-electron chi connectivity index (χ3n) is 3.46. The fraction of sp³-hybridized carbons (Fsp3) is 1.00. The Balaban J connectivity index is 1.52. The highest BCUT2D eigenvalue weighted by molar-refractivity contribution is 4.84. The van der Waals surface area contributed by atoms with Crippen molar-refractivity contribution in [1.29, 1.82) is 0 Å². The Bertz CT molecular complexity index is 159. The molecule has 2 saturated carbocycles. The smallest absolute Gasteiger partial charge is 0.00450 e. The second kappa shape index (κ2) is 3.97. The van der Waals surface area contributed by atoms with E-state index < -0.39 is 0 Å². The van der Waals surface area contributed by atoms with Crippen LogP contribution in [0, 0.1) is 11.8 Å². The second-order valence-electron chi connectivity index (χ2n) is 5.09. The molecule has 2 rings (SSSR count). The summed E-state index contributed by atoms with van der Waals surface area (Å²) in [5.41, 5.74) is 5.76. The molecule has 0 amide bonds. The molecule has 0 aliphatic heterocycles. The lowest BCUT2D eigenvalue weighted by molar-refractivity contribution is 0.180. The molecule has 2 N–H and O–H groups in total. The highest BCUT2D eigenvalue weighted by Crippen LogP contribution is 2.32. The topological polar surface area (TPSA) is 29.3 Å². The van der Waals surface area contributed by atoms with Crippen LogP contribution in [0.5, 0.6) is 0 Å². The highest BCUT2D eigenvalue weighted by Gasteiger charge is 2.27. The Morgan fingerprint density at radius 3 is 2.46 bits per heavy atom. The molecule has 0 bridgehead atoms. The molecule has 2 fully saturated rings. The van der Waals surface area contributed by atoms with Gasteiger partial charge in [-0.2, -0.15) is 0 Å². The van der Waals surface area contributed by atoms with Crippen LogP contribution in [0.25, 0.3) is 0 Å². The van der Waals surface area contributed by atoms with E-state index in [1.807, 2.05) is 0 Å². The first-order valence-corrected chi connectivity index (χ1v) is 5.68. The second-order valence-corrected chi connectivity index (χ2v) is 5.09. The van der Waals surface area contributed by atoms with E-state index in [-0.39, 0.29) is 0 Å². The van der Waals surface area contributed by atoms with Gasteiger partial charge >= 0.3 is 0 Å². The normalized spacial score (nSPS) is 33.5. The lowest BCUT2D eigenvalue weighted by atomic mass is 9.80. The molecule has 0 spiro atoms. The Labute approximate surface area is 81.5 Å². The van der Waals surface area contributed by atoms with Crippen molar-refractivity contribution in [2.45, 2.75) is 38.1 Å². The molecule has 0 heterocycles. The molecule has 0 saturated heterocycles. The minimum absolute atomic E-state index is 0.516. The molecule has 0 aromatic rings. The van der Waals surface area contributed by atoms with Crippen molar-refractivity contribution >= 4 is 0 Å². The van der Waals surface area contributed by atoms with Crippen molar-refractivity contribution in [3.8, 4) is 0 Å². The van der Waals surface area contributed by atoms with Gasteiger partial charge < -0.3 is 10.6 Å². The molecule has 0 radical (unpaired) electrons. The molecule has 0 aromatic carbocycles. The zero-order valence-corrected chi connectivity index (χ0v) is 8.71. The maximum Gasteiger partial charge on any atom is 0.00450 e. The molecule has 2 heteroatoms. The van der Waals surface area contributed by atoms with Crippen molar-refractivity contribution in [2.24, 2.45) is 17.6 Å². The summed E-state index contributed by atoms with van der Waals surface area (Å²) in [6.45, 7) is 2.58. The number of hydrogen-bond donors (Lipinski definition) is 1. The third-order valence-corrected chi connectivity index (χ3v) is 3.46. The minimum atomic E-state index is 0.516. The first kappa shape index (κ1) is 9.47. The molecule has 0 unspecified atom stereocenters. The van der Waals surface area contributed by atoms with Gasteiger partial charge in [-0.1, -0.05) is 12.8 Å². The van der Waals surface area contributed by atoms with Crippen molar-refractivity contribution < 1.29 is 0 Å². The number of hydrogen-bond acceptors (Lipinski definition) is 2. The van der Waals surface area contributed by atoms with Crippen molar-refractivity contribution in [1.82, 2.24) is 4.90 Å². The van der Waals surface area contributed by atoms with Gasteiger partial charge in [-0.25, -0.2) is 0 Å². The zero-order valence-electron chi connectivity index (χ0n) is 8.71. The molecule has 13 heavy (non-hydrogen) atoms. The van der Waals surface area contributed by atoms with Gasteiger partial charge in [-0.3, -0.25) is 0 Å². The van der Waals surface area contributed by atoms with E-state index in [0.717, 1.165) is 11.8 Å². The maximum absolute atomic E-state index is 5.76. The Morgan fingerprint density at radius 2 is 1.92 bits per heavy atom. The monoisotopic (exact) mass is 182 g/mol. The van der Waals surface area contributed by atoms with Crippen LogP contribution >= 0.6 is 0 Å². The molecule has 76 valence electrons. The van der Waals surface area contributed by atoms with Crippen LogP contribution in [0.1, 0.15) is 32.1 Å². The molecular formula is C11H22N2. The standard InChI is InChI=1S/C11H22N2/c1-13(5-4-9-2-3-9)8-10-6-11(12)7-10/h9-11H,2-8,12H2,1H3. The lowest BCUT2D eigenvalue weighted by Gasteiger charge is -2.35. The summed E-state index contributed by atoms with van der Waals surface area (Å²) in [6, 6.07) is 0.516. The predicted molar refractivity (Wildman–Crippen MR) is 55.5 cm³/mol. The van der Waals surface area contributed by atoms with Gasteiger partial charge in [0.15, 0.2) is 0 Å². The first-order valence-electron chi connectivity index (χ1n) is 5.68. The van der Waals surface area contributed by atoms with Crippen molar-refractivity contribution in [3.63, 3.8) is 0 Å². The SMILES string of the molecule is CN(CCC1CC1)CC1CC(N)C1. The number of rotatable bonds is 5. The molecule has 2 aliphatic carbocycles. The van der Waals surface area contributed by atoms with Crippen LogP contribution in [0.4, 0.5) is 0 Å². The predicted octanol–water partition coefficient (Wildman–Crippen LogP) is 1.46. The van der Waals surface area contributed by atoms with Crippen molar-refractivity contribution in [2.75, 3.05) is 20.1 Å².